The number of hydrogen-bond donors (Lipinski definition) is 3. The number of carbonyl (C=O) groups excluding carboxylic acids is 1. The second kappa shape index (κ2) is 7.93. The number of hydrogen-bond acceptors (Lipinski definition) is 3. The van der Waals surface area contributed by atoms with Crippen LogP contribution in [0.25, 0.3) is 0 Å². The second-order valence-corrected chi connectivity index (χ2v) is 5.32. The quantitative estimate of drug-likeness (QED) is 0.701. The molecule has 2 rings (SSSR count). The number of amides is 2. The van der Waals surface area contributed by atoms with Gasteiger partial charge in [0, 0.05) is 18.5 Å². The summed E-state index contributed by atoms with van der Waals surface area (Å²) >= 11 is 0. The van der Waals surface area contributed by atoms with Gasteiger partial charge in [0.1, 0.15) is 12.4 Å². The molecule has 5 nitrogen and oxygen atoms in total. The van der Waals surface area contributed by atoms with Gasteiger partial charge in [0.05, 0.1) is 12.6 Å². The van der Waals surface area contributed by atoms with E-state index in [-0.39, 0.29) is 37.0 Å². The highest BCUT2D eigenvalue weighted by atomic mass is 19.1. The van der Waals surface area contributed by atoms with Crippen molar-refractivity contribution in [3.8, 4) is 5.75 Å². The van der Waals surface area contributed by atoms with Crippen molar-refractivity contribution in [2.75, 3.05) is 19.7 Å². The van der Waals surface area contributed by atoms with Crippen molar-refractivity contribution in [2.24, 2.45) is 5.92 Å². The van der Waals surface area contributed by atoms with Gasteiger partial charge in [-0.25, -0.2) is 13.6 Å². The average molecular weight is 314 g/mol. The fraction of sp³-hybridized carbons (Fsp3) is 0.533. The van der Waals surface area contributed by atoms with Gasteiger partial charge in [-0.2, -0.15) is 0 Å². The molecule has 22 heavy (non-hydrogen) atoms. The Hall–Kier alpha value is -1.89. The van der Waals surface area contributed by atoms with Crippen LogP contribution in [0.5, 0.6) is 5.75 Å². The van der Waals surface area contributed by atoms with E-state index < -0.39 is 11.6 Å². The Labute approximate surface area is 127 Å². The molecule has 0 aliphatic heterocycles. The summed E-state index contributed by atoms with van der Waals surface area (Å²) in [5.74, 6) is -1.40. The van der Waals surface area contributed by atoms with Gasteiger partial charge in [-0.05, 0) is 25.0 Å². The van der Waals surface area contributed by atoms with Crippen LogP contribution in [0.3, 0.4) is 0 Å². The number of nitrogens with one attached hydrogen (secondary N) is 2. The number of rotatable bonds is 6. The second-order valence-electron chi connectivity index (χ2n) is 5.32. The number of ether oxygens (including phenoxy) is 1. The van der Waals surface area contributed by atoms with Crippen molar-refractivity contribution in [3.63, 3.8) is 0 Å². The minimum atomic E-state index is -0.778. The van der Waals surface area contributed by atoms with Crippen LogP contribution in [0.2, 0.25) is 0 Å². The molecule has 0 bridgehead atoms. The lowest BCUT2D eigenvalue weighted by atomic mass is 10.1. The third-order valence-corrected chi connectivity index (χ3v) is 3.68. The zero-order chi connectivity index (χ0) is 15.9. The normalized spacial score (nSPS) is 20.7. The summed E-state index contributed by atoms with van der Waals surface area (Å²) in [5, 5.41) is 14.9. The van der Waals surface area contributed by atoms with Gasteiger partial charge >= 0.3 is 6.03 Å². The predicted octanol–water partition coefficient (Wildman–Crippen LogP) is 1.80. The molecule has 0 unspecified atom stereocenters. The molecule has 122 valence electrons. The molecule has 1 aromatic carbocycles. The van der Waals surface area contributed by atoms with Gasteiger partial charge in [-0.15, -0.1) is 0 Å². The van der Waals surface area contributed by atoms with Crippen molar-refractivity contribution in [1.82, 2.24) is 10.6 Å². The third kappa shape index (κ3) is 4.84. The summed E-state index contributed by atoms with van der Waals surface area (Å²) < 4.78 is 31.1. The van der Waals surface area contributed by atoms with Crippen LogP contribution in [0.1, 0.15) is 19.3 Å². The topological polar surface area (TPSA) is 70.6 Å². The molecule has 0 heterocycles. The minimum absolute atomic E-state index is 0.0577. The Morgan fingerprint density at radius 1 is 1.32 bits per heavy atom. The van der Waals surface area contributed by atoms with E-state index in [1.807, 2.05) is 0 Å². The lowest BCUT2D eigenvalue weighted by molar-refractivity contribution is 0.132. The Bertz CT molecular complexity index is 514. The van der Waals surface area contributed by atoms with Gasteiger partial charge in [0.25, 0.3) is 0 Å². The van der Waals surface area contributed by atoms with Crippen molar-refractivity contribution in [3.05, 3.63) is 29.8 Å². The summed E-state index contributed by atoms with van der Waals surface area (Å²) in [4.78, 5) is 11.5. The molecule has 0 saturated heterocycles. The highest BCUT2D eigenvalue weighted by molar-refractivity contribution is 5.73. The van der Waals surface area contributed by atoms with Crippen LogP contribution in [-0.2, 0) is 0 Å². The number of urea groups is 1. The van der Waals surface area contributed by atoms with Crippen LogP contribution in [-0.4, -0.2) is 36.9 Å². The van der Waals surface area contributed by atoms with Crippen LogP contribution in [0.4, 0.5) is 13.6 Å². The fourth-order valence-corrected chi connectivity index (χ4v) is 2.46. The zero-order valence-electron chi connectivity index (χ0n) is 12.1. The first-order chi connectivity index (χ1) is 10.6. The monoisotopic (exact) mass is 314 g/mol. The van der Waals surface area contributed by atoms with Crippen LogP contribution in [0, 0.1) is 17.6 Å². The molecule has 1 fully saturated rings. The maximum atomic E-state index is 13.3. The van der Waals surface area contributed by atoms with E-state index in [0.29, 0.717) is 6.54 Å². The van der Waals surface area contributed by atoms with E-state index >= 15 is 0 Å². The van der Waals surface area contributed by atoms with E-state index in [4.69, 9.17) is 4.74 Å². The zero-order valence-corrected chi connectivity index (χ0v) is 12.1. The maximum absolute atomic E-state index is 13.3. The summed E-state index contributed by atoms with van der Waals surface area (Å²) in [7, 11) is 0. The van der Waals surface area contributed by atoms with E-state index in [1.165, 1.54) is 6.07 Å². The number of halogens is 2. The minimum Gasteiger partial charge on any atom is -0.489 e. The van der Waals surface area contributed by atoms with E-state index in [1.54, 1.807) is 0 Å². The molecular formula is C15H20F2N2O3. The number of aliphatic hydroxyl groups excluding tert-OH is 1. The molecular weight excluding hydrogens is 294 g/mol. The Balaban J connectivity index is 1.60. The molecule has 0 radical (unpaired) electrons. The first-order valence-electron chi connectivity index (χ1n) is 7.34. The summed E-state index contributed by atoms with van der Waals surface area (Å²) in [5.41, 5.74) is 0. The molecule has 2 atom stereocenters. The smallest absolute Gasteiger partial charge is 0.314 e. The molecule has 1 aromatic rings. The van der Waals surface area contributed by atoms with Gasteiger partial charge < -0.3 is 20.5 Å². The van der Waals surface area contributed by atoms with Crippen LogP contribution < -0.4 is 15.4 Å². The maximum Gasteiger partial charge on any atom is 0.314 e. The first kappa shape index (κ1) is 16.5. The standard InChI is InChI=1S/C15H20F2N2O3/c16-11-4-5-14(12(17)8-11)22-7-6-18-15(21)19-9-10-2-1-3-13(10)20/h4-5,8,10,13,20H,1-3,6-7,9H2,(H2,18,19,21)/t10-,13-/m1/s1. The highest BCUT2D eigenvalue weighted by Gasteiger charge is 2.25. The van der Waals surface area contributed by atoms with E-state index in [9.17, 15) is 18.7 Å². The number of benzene rings is 1. The van der Waals surface area contributed by atoms with Gasteiger partial charge in [0.15, 0.2) is 11.6 Å². The van der Waals surface area contributed by atoms with Crippen molar-refractivity contribution < 1.29 is 23.4 Å². The predicted molar refractivity (Wildman–Crippen MR) is 76.6 cm³/mol. The molecule has 1 aliphatic carbocycles. The lowest BCUT2D eigenvalue weighted by Crippen LogP contribution is -2.41. The van der Waals surface area contributed by atoms with Crippen molar-refractivity contribution >= 4 is 6.03 Å². The average Bonchev–Trinajstić information content (AvgIpc) is 2.88. The fourth-order valence-electron chi connectivity index (χ4n) is 2.46. The van der Waals surface area contributed by atoms with Crippen LogP contribution in [0.15, 0.2) is 18.2 Å². The lowest BCUT2D eigenvalue weighted by Gasteiger charge is -2.15. The molecule has 1 aliphatic rings. The summed E-state index contributed by atoms with van der Waals surface area (Å²) in [6.45, 7) is 0.693. The summed E-state index contributed by atoms with van der Waals surface area (Å²) in [6, 6.07) is 2.68. The SMILES string of the molecule is O=C(NCCOc1ccc(F)cc1F)NC[C@H]1CCC[C@H]1O. The molecule has 0 aromatic heterocycles. The Morgan fingerprint density at radius 2 is 2.14 bits per heavy atom. The molecule has 3 N–H and O–H groups in total. The highest BCUT2D eigenvalue weighted by Crippen LogP contribution is 2.24. The number of carbonyl (C=O) groups is 1. The first-order valence-corrected chi connectivity index (χ1v) is 7.34. The van der Waals surface area contributed by atoms with E-state index in [2.05, 4.69) is 10.6 Å². The number of aliphatic hydroxyl groups is 1. The third-order valence-electron chi connectivity index (χ3n) is 3.68. The molecule has 7 heteroatoms. The van der Waals surface area contributed by atoms with Gasteiger partial charge in [0.2, 0.25) is 0 Å². The summed E-state index contributed by atoms with van der Waals surface area (Å²) in [6.07, 6.45) is 2.33. The van der Waals surface area contributed by atoms with E-state index in [0.717, 1.165) is 31.4 Å². The Morgan fingerprint density at radius 3 is 2.82 bits per heavy atom. The van der Waals surface area contributed by atoms with Gasteiger partial charge in [-0.1, -0.05) is 6.42 Å². The van der Waals surface area contributed by atoms with Gasteiger partial charge in [-0.3, -0.25) is 0 Å². The molecule has 0 spiro atoms. The largest absolute Gasteiger partial charge is 0.489 e. The Kier molecular flexibility index (Phi) is 5.94. The molecule has 1 saturated carbocycles. The van der Waals surface area contributed by atoms with Crippen molar-refractivity contribution in [2.45, 2.75) is 25.4 Å². The van der Waals surface area contributed by atoms with Crippen LogP contribution >= 0.6 is 0 Å². The molecule has 2 amide bonds. The van der Waals surface area contributed by atoms with Crippen molar-refractivity contribution in [1.29, 1.82) is 0 Å².